The molecule has 3 N–H and O–H groups in total. The van der Waals surface area contributed by atoms with Gasteiger partial charge in [0.2, 0.25) is 0 Å². The van der Waals surface area contributed by atoms with Crippen LogP contribution in [0.3, 0.4) is 0 Å². The van der Waals surface area contributed by atoms with Crippen LogP contribution in [0.2, 0.25) is 0 Å². The van der Waals surface area contributed by atoms with E-state index in [1.54, 1.807) is 6.20 Å². The number of nitrogens with one attached hydrogen (secondary N) is 1. The summed E-state index contributed by atoms with van der Waals surface area (Å²) in [6.07, 6.45) is 3.61. The summed E-state index contributed by atoms with van der Waals surface area (Å²) in [6, 6.07) is 3.95. The van der Waals surface area contributed by atoms with Crippen molar-refractivity contribution in [1.82, 2.24) is 4.98 Å². The number of nitrogens with zero attached hydrogens (tertiary/aromatic N) is 1. The molecule has 1 rings (SSSR count). The van der Waals surface area contributed by atoms with E-state index in [0.717, 1.165) is 30.3 Å². The first-order valence-corrected chi connectivity index (χ1v) is 7.00. The summed E-state index contributed by atoms with van der Waals surface area (Å²) in [5.41, 5.74) is 6.46. The summed E-state index contributed by atoms with van der Waals surface area (Å²) in [5.74, 6) is 2.11. The Morgan fingerprint density at radius 2 is 2.21 bits per heavy atom. The van der Waals surface area contributed by atoms with Gasteiger partial charge in [-0.3, -0.25) is 4.98 Å². The first-order valence-electron chi connectivity index (χ1n) is 4.52. The quantitative estimate of drug-likeness (QED) is 0.552. The summed E-state index contributed by atoms with van der Waals surface area (Å²) >= 11 is 0. The Hall–Kier alpha value is -0.390. The van der Waals surface area contributed by atoms with Gasteiger partial charge in [-0.15, -0.1) is 0 Å². The molecule has 0 saturated carbocycles. The standard InChI is InChI=1S/C9H15N3S2/c10-3-6-13-14-7-5-12-9-2-1-4-11-8-9/h1-2,4,8,12H,3,5-7,10H2. The van der Waals surface area contributed by atoms with E-state index in [-0.39, 0.29) is 0 Å². The normalized spacial score (nSPS) is 10.1. The Balaban J connectivity index is 1.99. The highest BCUT2D eigenvalue weighted by Gasteiger charge is 1.91. The van der Waals surface area contributed by atoms with E-state index in [4.69, 9.17) is 5.73 Å². The molecule has 1 heterocycles. The van der Waals surface area contributed by atoms with Crippen LogP contribution >= 0.6 is 21.6 Å². The molecule has 0 aliphatic rings. The third-order valence-electron chi connectivity index (χ3n) is 1.46. The number of rotatable bonds is 7. The van der Waals surface area contributed by atoms with Gasteiger partial charge in [0.25, 0.3) is 0 Å². The lowest BCUT2D eigenvalue weighted by Gasteiger charge is -2.04. The third-order valence-corrected chi connectivity index (χ3v) is 3.90. The minimum Gasteiger partial charge on any atom is -0.383 e. The van der Waals surface area contributed by atoms with Gasteiger partial charge in [0, 0.05) is 37.0 Å². The van der Waals surface area contributed by atoms with Crippen LogP contribution in [0.1, 0.15) is 0 Å². The van der Waals surface area contributed by atoms with Crippen LogP contribution in [0.5, 0.6) is 0 Å². The maximum Gasteiger partial charge on any atom is 0.0526 e. The zero-order chi connectivity index (χ0) is 10.1. The largest absolute Gasteiger partial charge is 0.383 e. The summed E-state index contributed by atoms with van der Waals surface area (Å²) in [6.45, 7) is 1.72. The predicted molar refractivity (Wildman–Crippen MR) is 66.7 cm³/mol. The second kappa shape index (κ2) is 7.96. The molecule has 0 radical (unpaired) electrons. The van der Waals surface area contributed by atoms with E-state index in [0.29, 0.717) is 0 Å². The molecule has 78 valence electrons. The lowest BCUT2D eigenvalue weighted by atomic mass is 10.4. The topological polar surface area (TPSA) is 50.9 Å². The molecule has 0 aliphatic carbocycles. The maximum atomic E-state index is 5.38. The van der Waals surface area contributed by atoms with Crippen molar-refractivity contribution in [1.29, 1.82) is 0 Å². The number of pyridine rings is 1. The van der Waals surface area contributed by atoms with Crippen LogP contribution in [0.25, 0.3) is 0 Å². The predicted octanol–water partition coefficient (Wildman–Crippen LogP) is 1.83. The monoisotopic (exact) mass is 229 g/mol. The fourth-order valence-corrected chi connectivity index (χ4v) is 2.63. The fourth-order valence-electron chi connectivity index (χ4n) is 0.870. The number of hydrogen-bond acceptors (Lipinski definition) is 5. The van der Waals surface area contributed by atoms with E-state index in [1.165, 1.54) is 0 Å². The fraction of sp³-hybridized carbons (Fsp3) is 0.444. The van der Waals surface area contributed by atoms with E-state index in [1.807, 2.05) is 39.9 Å². The van der Waals surface area contributed by atoms with Crippen molar-refractivity contribution < 1.29 is 0 Å². The second-order valence-corrected chi connectivity index (χ2v) is 5.30. The summed E-state index contributed by atoms with van der Waals surface area (Å²) in [7, 11) is 3.68. The average Bonchev–Trinajstić information content (AvgIpc) is 2.25. The minimum atomic E-state index is 0.758. The molecule has 0 saturated heterocycles. The Bertz CT molecular complexity index is 231. The van der Waals surface area contributed by atoms with Gasteiger partial charge in [-0.25, -0.2) is 0 Å². The third kappa shape index (κ3) is 5.36. The van der Waals surface area contributed by atoms with Gasteiger partial charge in [-0.2, -0.15) is 0 Å². The molecule has 0 unspecified atom stereocenters. The summed E-state index contributed by atoms with van der Waals surface area (Å²) in [5, 5.41) is 3.29. The molecule has 1 aromatic heterocycles. The molecule has 0 spiro atoms. The zero-order valence-electron chi connectivity index (χ0n) is 7.98. The highest BCUT2D eigenvalue weighted by molar-refractivity contribution is 8.76. The van der Waals surface area contributed by atoms with Crippen molar-refractivity contribution in [3.8, 4) is 0 Å². The highest BCUT2D eigenvalue weighted by Crippen LogP contribution is 2.19. The molecule has 14 heavy (non-hydrogen) atoms. The smallest absolute Gasteiger partial charge is 0.0526 e. The first kappa shape index (κ1) is 11.7. The number of hydrogen-bond donors (Lipinski definition) is 2. The van der Waals surface area contributed by atoms with Crippen molar-refractivity contribution in [3.05, 3.63) is 24.5 Å². The van der Waals surface area contributed by atoms with Crippen molar-refractivity contribution >= 4 is 27.3 Å². The molecule has 1 aromatic rings. The van der Waals surface area contributed by atoms with E-state index in [9.17, 15) is 0 Å². The Labute approximate surface area is 92.6 Å². The van der Waals surface area contributed by atoms with Gasteiger partial charge < -0.3 is 11.1 Å². The van der Waals surface area contributed by atoms with E-state index >= 15 is 0 Å². The molecule has 0 atom stereocenters. The van der Waals surface area contributed by atoms with Crippen LogP contribution in [-0.2, 0) is 0 Å². The van der Waals surface area contributed by atoms with Crippen LogP contribution < -0.4 is 11.1 Å². The summed E-state index contributed by atoms with van der Waals surface area (Å²) in [4.78, 5) is 4.02. The molecule has 0 bridgehead atoms. The highest BCUT2D eigenvalue weighted by atomic mass is 33.1. The van der Waals surface area contributed by atoms with Crippen molar-refractivity contribution in [3.63, 3.8) is 0 Å². The second-order valence-electron chi connectivity index (χ2n) is 2.60. The maximum absolute atomic E-state index is 5.38. The van der Waals surface area contributed by atoms with Gasteiger partial charge in [0.1, 0.15) is 0 Å². The van der Waals surface area contributed by atoms with Crippen LogP contribution in [0, 0.1) is 0 Å². The van der Waals surface area contributed by atoms with Gasteiger partial charge in [0.15, 0.2) is 0 Å². The van der Waals surface area contributed by atoms with Gasteiger partial charge in [0.05, 0.1) is 5.69 Å². The van der Waals surface area contributed by atoms with Gasteiger partial charge in [-0.1, -0.05) is 21.6 Å². The minimum absolute atomic E-state index is 0.758. The molecular formula is C9H15N3S2. The average molecular weight is 229 g/mol. The van der Waals surface area contributed by atoms with Gasteiger partial charge in [-0.05, 0) is 12.1 Å². The van der Waals surface area contributed by atoms with E-state index in [2.05, 4.69) is 10.3 Å². The SMILES string of the molecule is NCCSSCCNc1cccnc1. The first-order chi connectivity index (χ1) is 6.93. The lowest BCUT2D eigenvalue weighted by molar-refractivity contribution is 1.15. The molecule has 0 aromatic carbocycles. The molecular weight excluding hydrogens is 214 g/mol. The molecule has 0 aliphatic heterocycles. The Morgan fingerprint density at radius 3 is 2.93 bits per heavy atom. The number of nitrogens with two attached hydrogens (primary N) is 1. The van der Waals surface area contributed by atoms with Gasteiger partial charge >= 0.3 is 0 Å². The molecule has 5 heteroatoms. The molecule has 0 amide bonds. The molecule has 0 fully saturated rings. The summed E-state index contributed by atoms with van der Waals surface area (Å²) < 4.78 is 0. The van der Waals surface area contributed by atoms with Crippen LogP contribution in [-0.4, -0.2) is 29.6 Å². The molecule has 3 nitrogen and oxygen atoms in total. The Kier molecular flexibility index (Phi) is 6.65. The van der Waals surface area contributed by atoms with Crippen molar-refractivity contribution in [2.75, 3.05) is 29.9 Å². The van der Waals surface area contributed by atoms with Crippen molar-refractivity contribution in [2.24, 2.45) is 5.73 Å². The van der Waals surface area contributed by atoms with Crippen LogP contribution in [0.4, 0.5) is 5.69 Å². The number of aromatic nitrogens is 1. The Morgan fingerprint density at radius 1 is 1.36 bits per heavy atom. The zero-order valence-corrected chi connectivity index (χ0v) is 9.61. The van der Waals surface area contributed by atoms with E-state index < -0.39 is 0 Å². The number of anilines is 1. The lowest BCUT2D eigenvalue weighted by Crippen LogP contribution is -2.04. The van der Waals surface area contributed by atoms with Crippen molar-refractivity contribution in [2.45, 2.75) is 0 Å². The van der Waals surface area contributed by atoms with Crippen LogP contribution in [0.15, 0.2) is 24.5 Å².